The van der Waals surface area contributed by atoms with Crippen LogP contribution in [0, 0.1) is 6.92 Å². The van der Waals surface area contributed by atoms with Crippen molar-refractivity contribution in [1.29, 1.82) is 0 Å². The second kappa shape index (κ2) is 6.09. The zero-order valence-corrected chi connectivity index (χ0v) is 15.4. The lowest BCUT2D eigenvalue weighted by atomic mass is 9.79. The molecule has 3 aromatic rings. The Kier molecular flexibility index (Phi) is 3.68. The molecule has 3 heterocycles. The van der Waals surface area contributed by atoms with Crippen molar-refractivity contribution >= 4 is 23.3 Å². The van der Waals surface area contributed by atoms with Crippen molar-refractivity contribution in [3.63, 3.8) is 0 Å². The third kappa shape index (κ3) is 2.68. The Balaban J connectivity index is 1.63. The van der Waals surface area contributed by atoms with Gasteiger partial charge in [0.2, 0.25) is 5.95 Å². The summed E-state index contributed by atoms with van der Waals surface area (Å²) in [4.78, 5) is 17.7. The minimum absolute atomic E-state index is 0.0280. The van der Waals surface area contributed by atoms with Crippen LogP contribution in [0.5, 0.6) is 0 Å². The number of carbonyl (C=O) groups is 1. The minimum Gasteiger partial charge on any atom is -0.469 e. The summed E-state index contributed by atoms with van der Waals surface area (Å²) in [7, 11) is 0. The standard InChI is InChI=1S/C20H17ClN4O2/c1-11-22-20-23-15-9-13(17-3-2-8-27-17)10-16(26)18(15)19(25(20)24-11)12-4-6-14(21)7-5-12/h2-8,13,19H,9-10H2,1H3,(H,22,23,24). The van der Waals surface area contributed by atoms with E-state index in [-0.39, 0.29) is 17.7 Å². The van der Waals surface area contributed by atoms with Crippen molar-refractivity contribution in [2.45, 2.75) is 31.7 Å². The first-order valence-corrected chi connectivity index (χ1v) is 9.23. The van der Waals surface area contributed by atoms with Crippen molar-refractivity contribution in [2.24, 2.45) is 0 Å². The summed E-state index contributed by atoms with van der Waals surface area (Å²) in [5.41, 5.74) is 2.61. The third-order valence-electron chi connectivity index (χ3n) is 5.16. The summed E-state index contributed by atoms with van der Waals surface area (Å²) in [6.45, 7) is 1.85. The molecule has 0 fully saturated rings. The summed E-state index contributed by atoms with van der Waals surface area (Å²) in [5, 5.41) is 8.52. The number of nitrogens with one attached hydrogen (secondary N) is 1. The van der Waals surface area contributed by atoms with E-state index in [1.165, 1.54) is 0 Å². The van der Waals surface area contributed by atoms with Gasteiger partial charge in [0.1, 0.15) is 17.6 Å². The van der Waals surface area contributed by atoms with E-state index in [4.69, 9.17) is 16.0 Å². The largest absolute Gasteiger partial charge is 0.469 e. The highest BCUT2D eigenvalue weighted by atomic mass is 35.5. The van der Waals surface area contributed by atoms with Crippen LogP contribution in [0.3, 0.4) is 0 Å². The third-order valence-corrected chi connectivity index (χ3v) is 5.41. The van der Waals surface area contributed by atoms with Crippen LogP contribution in [-0.2, 0) is 4.79 Å². The number of carbonyl (C=O) groups excluding carboxylic acids is 1. The average molecular weight is 381 g/mol. The molecule has 0 bridgehead atoms. The van der Waals surface area contributed by atoms with E-state index in [1.807, 2.05) is 43.3 Å². The summed E-state index contributed by atoms with van der Waals surface area (Å²) >= 11 is 6.06. The van der Waals surface area contributed by atoms with Crippen LogP contribution in [0.2, 0.25) is 5.02 Å². The summed E-state index contributed by atoms with van der Waals surface area (Å²) in [6, 6.07) is 11.0. The van der Waals surface area contributed by atoms with Gasteiger partial charge in [0.15, 0.2) is 5.78 Å². The molecule has 0 spiro atoms. The molecule has 1 aliphatic carbocycles. The number of furan rings is 1. The van der Waals surface area contributed by atoms with Crippen LogP contribution in [-0.4, -0.2) is 20.5 Å². The predicted octanol–water partition coefficient (Wildman–Crippen LogP) is 4.25. The van der Waals surface area contributed by atoms with E-state index in [0.717, 1.165) is 22.6 Å². The molecule has 136 valence electrons. The fourth-order valence-electron chi connectivity index (χ4n) is 4.00. The number of benzene rings is 1. The summed E-state index contributed by atoms with van der Waals surface area (Å²) in [5.74, 6) is 2.28. The van der Waals surface area contributed by atoms with Gasteiger partial charge in [-0.15, -0.1) is 0 Å². The van der Waals surface area contributed by atoms with Crippen LogP contribution in [0.1, 0.15) is 41.9 Å². The smallest absolute Gasteiger partial charge is 0.226 e. The van der Waals surface area contributed by atoms with Crippen LogP contribution >= 0.6 is 11.6 Å². The zero-order valence-electron chi connectivity index (χ0n) is 14.6. The van der Waals surface area contributed by atoms with Gasteiger partial charge in [-0.1, -0.05) is 23.7 Å². The molecule has 0 saturated heterocycles. The molecule has 1 aromatic carbocycles. The molecule has 2 aromatic heterocycles. The molecule has 0 amide bonds. The number of fused-ring (bicyclic) bond motifs is 1. The van der Waals surface area contributed by atoms with Crippen molar-refractivity contribution in [3.05, 3.63) is 76.1 Å². The lowest BCUT2D eigenvalue weighted by molar-refractivity contribution is -0.117. The lowest BCUT2D eigenvalue weighted by Gasteiger charge is -2.34. The van der Waals surface area contributed by atoms with E-state index >= 15 is 0 Å². The molecule has 0 saturated carbocycles. The maximum Gasteiger partial charge on any atom is 0.226 e. The van der Waals surface area contributed by atoms with Crippen LogP contribution in [0.15, 0.2) is 58.3 Å². The molecular weight excluding hydrogens is 364 g/mol. The van der Waals surface area contributed by atoms with Crippen LogP contribution in [0.25, 0.3) is 0 Å². The quantitative estimate of drug-likeness (QED) is 0.719. The number of anilines is 1. The maximum absolute atomic E-state index is 13.2. The zero-order chi connectivity index (χ0) is 18.5. The molecule has 6 nitrogen and oxygen atoms in total. The highest BCUT2D eigenvalue weighted by molar-refractivity contribution is 6.30. The monoisotopic (exact) mass is 380 g/mol. The molecular formula is C20H17ClN4O2. The Bertz CT molecular complexity index is 1050. The topological polar surface area (TPSA) is 73.0 Å². The van der Waals surface area contributed by atoms with Gasteiger partial charge < -0.3 is 9.73 Å². The molecule has 7 heteroatoms. The lowest BCUT2D eigenvalue weighted by Crippen LogP contribution is -2.33. The van der Waals surface area contributed by atoms with Gasteiger partial charge in [-0.05, 0) is 43.2 Å². The van der Waals surface area contributed by atoms with Gasteiger partial charge in [-0.25, -0.2) is 4.68 Å². The summed E-state index contributed by atoms with van der Waals surface area (Å²) < 4.78 is 7.34. The number of rotatable bonds is 2. The van der Waals surface area contributed by atoms with Gasteiger partial charge in [0.05, 0.1) is 6.26 Å². The van der Waals surface area contributed by atoms with E-state index in [9.17, 15) is 4.79 Å². The SMILES string of the molecule is Cc1nc2n(n1)C(c1ccc(Cl)cc1)C1=C(CC(c3ccco3)CC1=O)N2. The van der Waals surface area contributed by atoms with Crippen LogP contribution in [0.4, 0.5) is 5.95 Å². The van der Waals surface area contributed by atoms with Gasteiger partial charge in [-0.2, -0.15) is 10.1 Å². The van der Waals surface area contributed by atoms with Gasteiger partial charge in [-0.3, -0.25) is 4.79 Å². The maximum atomic E-state index is 13.2. The number of hydrogen-bond donors (Lipinski definition) is 1. The fraction of sp³-hybridized carbons (Fsp3) is 0.250. The first kappa shape index (κ1) is 16.3. The number of hydrogen-bond acceptors (Lipinski definition) is 5. The Morgan fingerprint density at radius 1 is 1.22 bits per heavy atom. The second-order valence-corrected chi connectivity index (χ2v) is 7.38. The Morgan fingerprint density at radius 3 is 2.78 bits per heavy atom. The number of Topliss-reactive ketones (excluding diaryl/α,β-unsaturated/α-hetero) is 1. The second-order valence-electron chi connectivity index (χ2n) is 6.94. The molecule has 5 rings (SSSR count). The molecule has 27 heavy (non-hydrogen) atoms. The number of aromatic nitrogens is 3. The Hall–Kier alpha value is -2.86. The first-order valence-electron chi connectivity index (χ1n) is 8.85. The minimum atomic E-state index is -0.306. The molecule has 2 aliphatic rings. The van der Waals surface area contributed by atoms with E-state index in [2.05, 4.69) is 15.4 Å². The first-order chi connectivity index (χ1) is 13.1. The van der Waals surface area contributed by atoms with Crippen LogP contribution < -0.4 is 5.32 Å². The Labute approximate surface area is 160 Å². The molecule has 2 atom stereocenters. The molecule has 2 unspecified atom stereocenters. The van der Waals surface area contributed by atoms with Crippen molar-refractivity contribution in [2.75, 3.05) is 5.32 Å². The Morgan fingerprint density at radius 2 is 2.04 bits per heavy atom. The van der Waals surface area contributed by atoms with E-state index in [0.29, 0.717) is 29.6 Å². The number of aryl methyl sites for hydroxylation is 1. The van der Waals surface area contributed by atoms with Crippen molar-refractivity contribution in [3.8, 4) is 0 Å². The number of allylic oxidation sites excluding steroid dienone is 2. The van der Waals surface area contributed by atoms with Gasteiger partial charge in [0, 0.05) is 28.6 Å². The average Bonchev–Trinajstić information content (AvgIpc) is 3.29. The fourth-order valence-corrected chi connectivity index (χ4v) is 4.12. The van der Waals surface area contributed by atoms with E-state index < -0.39 is 0 Å². The molecule has 1 aliphatic heterocycles. The van der Waals surface area contributed by atoms with Gasteiger partial charge >= 0.3 is 0 Å². The highest BCUT2D eigenvalue weighted by Gasteiger charge is 2.40. The highest BCUT2D eigenvalue weighted by Crippen LogP contribution is 2.44. The van der Waals surface area contributed by atoms with E-state index in [1.54, 1.807) is 10.9 Å². The predicted molar refractivity (Wildman–Crippen MR) is 101 cm³/mol. The van der Waals surface area contributed by atoms with Crippen molar-refractivity contribution < 1.29 is 9.21 Å². The molecule has 0 radical (unpaired) electrons. The van der Waals surface area contributed by atoms with Crippen molar-refractivity contribution in [1.82, 2.24) is 14.8 Å². The molecule has 1 N–H and O–H groups in total. The number of nitrogens with zero attached hydrogens (tertiary/aromatic N) is 3. The normalized spacial score (nSPS) is 21.6. The van der Waals surface area contributed by atoms with Gasteiger partial charge in [0.25, 0.3) is 0 Å². The number of halogens is 1. The number of ketones is 1. The summed E-state index contributed by atoms with van der Waals surface area (Å²) in [6.07, 6.45) is 2.76.